The van der Waals surface area contributed by atoms with Gasteiger partial charge in [-0.2, -0.15) is 0 Å². The lowest BCUT2D eigenvalue weighted by Gasteiger charge is -2.18. The molecule has 0 aliphatic carbocycles. The molecule has 1 atom stereocenters. The van der Waals surface area contributed by atoms with E-state index in [0.29, 0.717) is 12.0 Å². The molecule has 68 valence electrons. The molecule has 1 aromatic heterocycles. The molecule has 0 aliphatic rings. The van der Waals surface area contributed by atoms with Gasteiger partial charge in [-0.1, -0.05) is 13.8 Å². The Hall–Kier alpha value is -0.830. The molecular formula is C9H17N3. The first-order valence-electron chi connectivity index (χ1n) is 4.38. The average molecular weight is 167 g/mol. The molecular weight excluding hydrogens is 150 g/mol. The predicted molar refractivity (Wildman–Crippen MR) is 50.0 cm³/mol. The number of rotatable bonds is 4. The number of nitrogens with one attached hydrogen (secondary N) is 2. The van der Waals surface area contributed by atoms with Crippen LogP contribution in [-0.2, 0) is 6.42 Å². The summed E-state index contributed by atoms with van der Waals surface area (Å²) in [7, 11) is 2.00. The van der Waals surface area contributed by atoms with E-state index in [-0.39, 0.29) is 0 Å². The van der Waals surface area contributed by atoms with Crippen LogP contribution in [0.25, 0.3) is 0 Å². The van der Waals surface area contributed by atoms with Gasteiger partial charge in [0.2, 0.25) is 0 Å². The number of nitrogens with zero attached hydrogens (tertiary/aromatic N) is 1. The van der Waals surface area contributed by atoms with Crippen molar-refractivity contribution in [1.82, 2.24) is 15.3 Å². The summed E-state index contributed by atoms with van der Waals surface area (Å²) in [4.78, 5) is 7.09. The van der Waals surface area contributed by atoms with Gasteiger partial charge < -0.3 is 10.3 Å². The fourth-order valence-corrected chi connectivity index (χ4v) is 1.30. The minimum Gasteiger partial charge on any atom is -0.348 e. The lowest BCUT2D eigenvalue weighted by molar-refractivity contribution is 0.422. The van der Waals surface area contributed by atoms with Crippen molar-refractivity contribution in [3.63, 3.8) is 0 Å². The topological polar surface area (TPSA) is 40.7 Å². The first-order chi connectivity index (χ1) is 5.74. The van der Waals surface area contributed by atoms with E-state index in [4.69, 9.17) is 0 Å². The standard InChI is InChI=1S/C9H17N3/c1-7(2)9(10-3)4-8-5-11-6-12-8/h5-7,9-10H,4H2,1-3H3,(H,11,12). The number of imidazole rings is 1. The highest BCUT2D eigenvalue weighted by Gasteiger charge is 2.11. The zero-order valence-corrected chi connectivity index (χ0v) is 7.96. The van der Waals surface area contributed by atoms with Crippen LogP contribution in [0.15, 0.2) is 12.5 Å². The molecule has 0 spiro atoms. The van der Waals surface area contributed by atoms with Crippen LogP contribution in [0.1, 0.15) is 19.5 Å². The van der Waals surface area contributed by atoms with Gasteiger partial charge >= 0.3 is 0 Å². The van der Waals surface area contributed by atoms with E-state index in [2.05, 4.69) is 29.1 Å². The summed E-state index contributed by atoms with van der Waals surface area (Å²) in [5, 5.41) is 3.29. The Morgan fingerprint density at radius 3 is 2.75 bits per heavy atom. The van der Waals surface area contributed by atoms with Crippen LogP contribution in [0, 0.1) is 5.92 Å². The molecule has 0 amide bonds. The van der Waals surface area contributed by atoms with Gasteiger partial charge in [-0.15, -0.1) is 0 Å². The maximum Gasteiger partial charge on any atom is 0.0921 e. The molecule has 1 heterocycles. The minimum absolute atomic E-state index is 0.533. The Bertz CT molecular complexity index is 204. The molecule has 0 radical (unpaired) electrons. The average Bonchev–Trinajstić information content (AvgIpc) is 2.51. The van der Waals surface area contributed by atoms with Crippen LogP contribution < -0.4 is 5.32 Å². The van der Waals surface area contributed by atoms with Gasteiger partial charge in [-0.25, -0.2) is 4.98 Å². The molecule has 0 fully saturated rings. The summed E-state index contributed by atoms with van der Waals surface area (Å²) in [5.74, 6) is 0.651. The Labute approximate surface area is 73.6 Å². The van der Waals surface area contributed by atoms with Gasteiger partial charge in [0.15, 0.2) is 0 Å². The highest BCUT2D eigenvalue weighted by atomic mass is 14.9. The molecule has 1 unspecified atom stereocenters. The molecule has 0 bridgehead atoms. The maximum absolute atomic E-state index is 3.99. The van der Waals surface area contributed by atoms with Gasteiger partial charge in [0.05, 0.1) is 6.33 Å². The van der Waals surface area contributed by atoms with Gasteiger partial charge in [-0.3, -0.25) is 0 Å². The van der Waals surface area contributed by atoms with Crippen molar-refractivity contribution >= 4 is 0 Å². The molecule has 1 aromatic rings. The fourth-order valence-electron chi connectivity index (χ4n) is 1.30. The molecule has 0 saturated carbocycles. The third kappa shape index (κ3) is 2.34. The third-order valence-corrected chi connectivity index (χ3v) is 2.17. The first-order valence-corrected chi connectivity index (χ1v) is 4.38. The monoisotopic (exact) mass is 167 g/mol. The Balaban J connectivity index is 2.48. The van der Waals surface area contributed by atoms with E-state index in [0.717, 1.165) is 6.42 Å². The second-order valence-electron chi connectivity index (χ2n) is 3.42. The largest absolute Gasteiger partial charge is 0.348 e. The molecule has 3 nitrogen and oxygen atoms in total. The van der Waals surface area contributed by atoms with Crippen LogP contribution in [0.5, 0.6) is 0 Å². The SMILES string of the molecule is CNC(Cc1cnc[nH]1)C(C)C. The fraction of sp³-hybridized carbons (Fsp3) is 0.667. The van der Waals surface area contributed by atoms with Crippen LogP contribution in [0.2, 0.25) is 0 Å². The molecule has 1 rings (SSSR count). The number of aromatic amines is 1. The summed E-state index contributed by atoms with van der Waals surface area (Å²) in [6.07, 6.45) is 4.63. The second-order valence-corrected chi connectivity index (χ2v) is 3.42. The van der Waals surface area contributed by atoms with Gasteiger partial charge in [0.25, 0.3) is 0 Å². The Morgan fingerprint density at radius 2 is 2.33 bits per heavy atom. The van der Waals surface area contributed by atoms with E-state index < -0.39 is 0 Å². The normalized spacial score (nSPS) is 13.7. The summed E-state index contributed by atoms with van der Waals surface area (Å²) < 4.78 is 0. The zero-order chi connectivity index (χ0) is 8.97. The van der Waals surface area contributed by atoms with Crippen LogP contribution in [0.3, 0.4) is 0 Å². The summed E-state index contributed by atoms with van der Waals surface area (Å²) >= 11 is 0. The quantitative estimate of drug-likeness (QED) is 0.707. The lowest BCUT2D eigenvalue weighted by atomic mass is 10.00. The zero-order valence-electron chi connectivity index (χ0n) is 7.96. The number of hydrogen-bond donors (Lipinski definition) is 2. The highest BCUT2D eigenvalue weighted by molar-refractivity contribution is 4.97. The van der Waals surface area contributed by atoms with Crippen molar-refractivity contribution in [2.24, 2.45) is 5.92 Å². The van der Waals surface area contributed by atoms with Crippen molar-refractivity contribution in [3.8, 4) is 0 Å². The molecule has 0 saturated heterocycles. The van der Waals surface area contributed by atoms with E-state index in [1.54, 1.807) is 6.33 Å². The van der Waals surface area contributed by atoms with Crippen molar-refractivity contribution < 1.29 is 0 Å². The molecule has 2 N–H and O–H groups in total. The van der Waals surface area contributed by atoms with Gasteiger partial charge in [0.1, 0.15) is 0 Å². The summed E-state index contributed by atoms with van der Waals surface area (Å²) in [6.45, 7) is 4.44. The van der Waals surface area contributed by atoms with Crippen molar-refractivity contribution in [2.75, 3.05) is 7.05 Å². The van der Waals surface area contributed by atoms with E-state index in [1.807, 2.05) is 13.2 Å². The van der Waals surface area contributed by atoms with Gasteiger partial charge in [0, 0.05) is 24.4 Å². The first kappa shape index (κ1) is 9.26. The molecule has 0 aromatic carbocycles. The predicted octanol–water partition coefficient (Wildman–Crippen LogP) is 1.20. The summed E-state index contributed by atoms with van der Waals surface area (Å²) in [6, 6.07) is 0.533. The molecule has 3 heteroatoms. The lowest BCUT2D eigenvalue weighted by Crippen LogP contribution is -2.32. The minimum atomic E-state index is 0.533. The number of likely N-dealkylation sites (N-methyl/N-ethyl adjacent to an activating group) is 1. The van der Waals surface area contributed by atoms with E-state index >= 15 is 0 Å². The third-order valence-electron chi connectivity index (χ3n) is 2.17. The Morgan fingerprint density at radius 1 is 1.58 bits per heavy atom. The second kappa shape index (κ2) is 4.26. The Kier molecular flexibility index (Phi) is 3.29. The van der Waals surface area contributed by atoms with E-state index in [9.17, 15) is 0 Å². The maximum atomic E-state index is 3.99. The number of hydrogen-bond acceptors (Lipinski definition) is 2. The van der Waals surface area contributed by atoms with Crippen LogP contribution in [-0.4, -0.2) is 23.1 Å². The summed E-state index contributed by atoms with van der Waals surface area (Å²) in [5.41, 5.74) is 1.20. The van der Waals surface area contributed by atoms with E-state index in [1.165, 1.54) is 5.69 Å². The van der Waals surface area contributed by atoms with Gasteiger partial charge in [-0.05, 0) is 13.0 Å². The molecule has 0 aliphatic heterocycles. The number of H-pyrrole nitrogens is 1. The van der Waals surface area contributed by atoms with Crippen molar-refractivity contribution in [2.45, 2.75) is 26.3 Å². The number of aromatic nitrogens is 2. The van der Waals surface area contributed by atoms with Crippen molar-refractivity contribution in [1.29, 1.82) is 0 Å². The van der Waals surface area contributed by atoms with Crippen molar-refractivity contribution in [3.05, 3.63) is 18.2 Å². The molecule has 12 heavy (non-hydrogen) atoms. The van der Waals surface area contributed by atoms with Crippen LogP contribution >= 0.6 is 0 Å². The van der Waals surface area contributed by atoms with Crippen LogP contribution in [0.4, 0.5) is 0 Å². The smallest absolute Gasteiger partial charge is 0.0921 e. The highest BCUT2D eigenvalue weighted by Crippen LogP contribution is 2.06.